The molecule has 3 rings (SSSR count). The zero-order chi connectivity index (χ0) is 18.7. The van der Waals surface area contributed by atoms with Crippen molar-refractivity contribution in [2.24, 2.45) is 5.92 Å². The molecule has 0 radical (unpaired) electrons. The molecule has 0 unspecified atom stereocenters. The van der Waals surface area contributed by atoms with Crippen LogP contribution in [0.15, 0.2) is 16.3 Å². The van der Waals surface area contributed by atoms with Crippen LogP contribution in [0, 0.1) is 5.92 Å². The number of hydrogen-bond donors (Lipinski definition) is 0. The molecule has 0 atom stereocenters. The van der Waals surface area contributed by atoms with Crippen LogP contribution >= 0.6 is 22.9 Å². The highest BCUT2D eigenvalue weighted by Crippen LogP contribution is 2.31. The number of rotatable bonds is 5. The Hall–Kier alpha value is -0.670. The standard InChI is InChI=1S/C17H26ClN3O3S2/c1-2-19-9-11-20(12-10-19)16(22)13-14-5-7-21(8-6-14)26(23,24)17-4-3-15(18)25-17/h3-4,14H,2,5-13H2,1H3. The molecule has 146 valence electrons. The summed E-state index contributed by atoms with van der Waals surface area (Å²) in [6, 6.07) is 3.18. The molecular formula is C17H26ClN3O3S2. The molecule has 3 heterocycles. The second-order valence-corrected chi connectivity index (χ2v) is 10.8. The molecule has 0 aromatic carbocycles. The third-order valence-corrected chi connectivity index (χ3v) is 8.95. The fourth-order valence-corrected chi connectivity index (χ4v) is 6.71. The van der Waals surface area contributed by atoms with Crippen LogP contribution in [0.3, 0.4) is 0 Å². The van der Waals surface area contributed by atoms with Crippen molar-refractivity contribution in [3.05, 3.63) is 16.5 Å². The van der Waals surface area contributed by atoms with E-state index in [4.69, 9.17) is 11.6 Å². The number of nitrogens with zero attached hydrogens (tertiary/aromatic N) is 3. The van der Waals surface area contributed by atoms with Gasteiger partial charge in [-0.2, -0.15) is 4.31 Å². The van der Waals surface area contributed by atoms with Crippen molar-refractivity contribution in [1.29, 1.82) is 0 Å². The molecular weight excluding hydrogens is 394 g/mol. The van der Waals surface area contributed by atoms with E-state index < -0.39 is 10.0 Å². The van der Waals surface area contributed by atoms with Crippen LogP contribution in [-0.2, 0) is 14.8 Å². The molecule has 2 fully saturated rings. The first-order valence-corrected chi connectivity index (χ1v) is 11.8. The summed E-state index contributed by atoms with van der Waals surface area (Å²) in [5.41, 5.74) is 0. The van der Waals surface area contributed by atoms with Crippen molar-refractivity contribution in [3.8, 4) is 0 Å². The first-order valence-electron chi connectivity index (χ1n) is 9.15. The smallest absolute Gasteiger partial charge is 0.252 e. The van der Waals surface area contributed by atoms with Crippen molar-refractivity contribution < 1.29 is 13.2 Å². The Bertz CT molecular complexity index is 721. The van der Waals surface area contributed by atoms with Gasteiger partial charge in [0.1, 0.15) is 4.21 Å². The van der Waals surface area contributed by atoms with Crippen molar-refractivity contribution in [1.82, 2.24) is 14.1 Å². The Morgan fingerprint density at radius 3 is 2.35 bits per heavy atom. The monoisotopic (exact) mass is 419 g/mol. The summed E-state index contributed by atoms with van der Waals surface area (Å²) < 4.78 is 27.6. The van der Waals surface area contributed by atoms with Crippen LogP contribution in [0.4, 0.5) is 0 Å². The predicted molar refractivity (Wildman–Crippen MR) is 104 cm³/mol. The molecule has 6 nitrogen and oxygen atoms in total. The van der Waals surface area contributed by atoms with E-state index in [9.17, 15) is 13.2 Å². The Kier molecular flexibility index (Phi) is 6.61. The van der Waals surface area contributed by atoms with Gasteiger partial charge in [0.15, 0.2) is 0 Å². The Morgan fingerprint density at radius 2 is 1.81 bits per heavy atom. The fourth-order valence-electron chi connectivity index (χ4n) is 3.61. The van der Waals surface area contributed by atoms with Gasteiger partial charge in [-0.25, -0.2) is 8.42 Å². The van der Waals surface area contributed by atoms with Gasteiger partial charge in [-0.1, -0.05) is 18.5 Å². The zero-order valence-corrected chi connectivity index (χ0v) is 17.5. The van der Waals surface area contributed by atoms with Gasteiger partial charge in [0, 0.05) is 45.7 Å². The Labute approximate surface area is 164 Å². The van der Waals surface area contributed by atoms with E-state index in [0.717, 1.165) is 56.9 Å². The lowest BCUT2D eigenvalue weighted by molar-refractivity contribution is -0.134. The van der Waals surface area contributed by atoms with Crippen LogP contribution in [0.25, 0.3) is 0 Å². The first kappa shape index (κ1) is 20.1. The van der Waals surface area contributed by atoms with Gasteiger partial charge >= 0.3 is 0 Å². The Balaban J connectivity index is 1.49. The van der Waals surface area contributed by atoms with Crippen LogP contribution in [-0.4, -0.2) is 74.2 Å². The third-order valence-electron chi connectivity index (χ3n) is 5.35. The lowest BCUT2D eigenvalue weighted by Crippen LogP contribution is -2.49. The van der Waals surface area contributed by atoms with E-state index in [0.29, 0.717) is 28.1 Å². The normalized spacial score (nSPS) is 21.2. The summed E-state index contributed by atoms with van der Waals surface area (Å²) in [7, 11) is -3.46. The van der Waals surface area contributed by atoms with Crippen molar-refractivity contribution >= 4 is 38.9 Å². The highest BCUT2D eigenvalue weighted by molar-refractivity contribution is 7.91. The van der Waals surface area contributed by atoms with E-state index in [1.807, 2.05) is 4.90 Å². The maximum Gasteiger partial charge on any atom is 0.252 e. The van der Waals surface area contributed by atoms with E-state index >= 15 is 0 Å². The van der Waals surface area contributed by atoms with Gasteiger partial charge in [-0.05, 0) is 37.4 Å². The van der Waals surface area contributed by atoms with Gasteiger partial charge in [-0.15, -0.1) is 11.3 Å². The summed E-state index contributed by atoms with van der Waals surface area (Å²) in [5.74, 6) is 0.483. The quantitative estimate of drug-likeness (QED) is 0.735. The number of piperidine rings is 1. The minimum atomic E-state index is -3.46. The highest BCUT2D eigenvalue weighted by atomic mass is 35.5. The molecule has 0 saturated carbocycles. The number of halogens is 1. The third kappa shape index (κ3) is 4.59. The van der Waals surface area contributed by atoms with E-state index in [2.05, 4.69) is 11.8 Å². The summed E-state index contributed by atoms with van der Waals surface area (Å²) in [5, 5.41) is 0. The minimum absolute atomic E-state index is 0.215. The molecule has 0 N–H and O–H groups in total. The van der Waals surface area contributed by atoms with Gasteiger partial charge in [-0.3, -0.25) is 4.79 Å². The zero-order valence-electron chi connectivity index (χ0n) is 15.1. The number of likely N-dealkylation sites (N-methyl/N-ethyl adjacent to an activating group) is 1. The SMILES string of the molecule is CCN1CCN(C(=O)CC2CCN(S(=O)(=O)c3ccc(Cl)s3)CC2)CC1. The largest absolute Gasteiger partial charge is 0.340 e. The number of hydrogen-bond acceptors (Lipinski definition) is 5. The van der Waals surface area contributed by atoms with Crippen molar-refractivity contribution in [3.63, 3.8) is 0 Å². The van der Waals surface area contributed by atoms with Crippen LogP contribution in [0.1, 0.15) is 26.2 Å². The van der Waals surface area contributed by atoms with Crippen LogP contribution in [0.5, 0.6) is 0 Å². The fraction of sp³-hybridized carbons (Fsp3) is 0.706. The van der Waals surface area contributed by atoms with Gasteiger partial charge in [0.05, 0.1) is 4.34 Å². The lowest BCUT2D eigenvalue weighted by atomic mass is 9.94. The number of piperazine rings is 1. The number of sulfonamides is 1. The average Bonchev–Trinajstić information content (AvgIpc) is 3.09. The topological polar surface area (TPSA) is 60.9 Å². The van der Waals surface area contributed by atoms with E-state index in [1.54, 1.807) is 12.1 Å². The van der Waals surface area contributed by atoms with Crippen LogP contribution < -0.4 is 0 Å². The summed E-state index contributed by atoms with van der Waals surface area (Å²) in [6.45, 7) is 7.62. The molecule has 2 aliphatic heterocycles. The molecule has 2 saturated heterocycles. The molecule has 1 aromatic rings. The predicted octanol–water partition coefficient (Wildman–Crippen LogP) is 2.36. The Morgan fingerprint density at radius 1 is 1.15 bits per heavy atom. The molecule has 26 heavy (non-hydrogen) atoms. The maximum absolute atomic E-state index is 12.6. The van der Waals surface area contributed by atoms with Crippen molar-refractivity contribution in [2.75, 3.05) is 45.8 Å². The summed E-state index contributed by atoms with van der Waals surface area (Å²) in [4.78, 5) is 16.8. The number of carbonyl (C=O) groups is 1. The second-order valence-electron chi connectivity index (χ2n) is 6.93. The number of thiophene rings is 1. The summed E-state index contributed by atoms with van der Waals surface area (Å²) >= 11 is 6.96. The molecule has 0 aliphatic carbocycles. The lowest BCUT2D eigenvalue weighted by Gasteiger charge is -2.36. The molecule has 0 bridgehead atoms. The van der Waals surface area contributed by atoms with E-state index in [1.165, 1.54) is 4.31 Å². The number of amides is 1. The molecule has 1 aromatic heterocycles. The van der Waals surface area contributed by atoms with Gasteiger partial charge in [0.2, 0.25) is 5.91 Å². The van der Waals surface area contributed by atoms with Crippen LogP contribution in [0.2, 0.25) is 4.34 Å². The molecule has 1 amide bonds. The first-order chi connectivity index (χ1) is 12.4. The maximum atomic E-state index is 12.6. The second kappa shape index (κ2) is 8.56. The molecule has 0 spiro atoms. The average molecular weight is 420 g/mol. The van der Waals surface area contributed by atoms with E-state index in [-0.39, 0.29) is 11.8 Å². The molecule has 2 aliphatic rings. The minimum Gasteiger partial charge on any atom is -0.340 e. The highest BCUT2D eigenvalue weighted by Gasteiger charge is 2.32. The number of carbonyl (C=O) groups excluding carboxylic acids is 1. The molecule has 9 heteroatoms. The van der Waals surface area contributed by atoms with Gasteiger partial charge < -0.3 is 9.80 Å². The van der Waals surface area contributed by atoms with Crippen molar-refractivity contribution in [2.45, 2.75) is 30.4 Å². The van der Waals surface area contributed by atoms with Gasteiger partial charge in [0.25, 0.3) is 10.0 Å². The summed E-state index contributed by atoms with van der Waals surface area (Å²) in [6.07, 6.45) is 2.00.